The van der Waals surface area contributed by atoms with Gasteiger partial charge in [-0.3, -0.25) is 0 Å². The van der Waals surface area contributed by atoms with E-state index in [9.17, 15) is 14.7 Å². The third-order valence-electron chi connectivity index (χ3n) is 1.82. The predicted octanol–water partition coefficient (Wildman–Crippen LogP) is 1.60. The van der Waals surface area contributed by atoms with Crippen LogP contribution in [0, 0.1) is 0 Å². The molecule has 0 heterocycles. The number of aliphatic hydroxyl groups is 1. The maximum Gasteiger partial charge on any atom is 0.408 e. The molecular formula is C13H25NO5. The molecule has 0 radical (unpaired) electrons. The number of carbonyl (C=O) groups excluding carboxylic acids is 2. The molecule has 0 fully saturated rings. The van der Waals surface area contributed by atoms with E-state index in [1.807, 2.05) is 0 Å². The third kappa shape index (κ3) is 8.42. The van der Waals surface area contributed by atoms with E-state index >= 15 is 0 Å². The number of carbonyl (C=O) groups is 2. The van der Waals surface area contributed by atoms with E-state index in [-0.39, 0.29) is 0 Å². The first-order valence-corrected chi connectivity index (χ1v) is 6.22. The van der Waals surface area contributed by atoms with Crippen LogP contribution in [0.15, 0.2) is 0 Å². The molecule has 0 aliphatic rings. The number of hydrogen-bond acceptors (Lipinski definition) is 5. The molecule has 2 N–H and O–H groups in total. The van der Waals surface area contributed by atoms with Crippen molar-refractivity contribution in [1.29, 1.82) is 0 Å². The highest BCUT2D eigenvalue weighted by Gasteiger charge is 2.31. The van der Waals surface area contributed by atoms with Crippen LogP contribution in [-0.4, -0.2) is 40.5 Å². The SMILES string of the molecule is C[C@@H](O)C(NC(=O)OC(C)(C)C)C(=O)OC(C)(C)C. The van der Waals surface area contributed by atoms with Crippen molar-refractivity contribution in [3.63, 3.8) is 0 Å². The van der Waals surface area contributed by atoms with Crippen molar-refractivity contribution in [1.82, 2.24) is 5.32 Å². The van der Waals surface area contributed by atoms with Gasteiger partial charge in [0.25, 0.3) is 0 Å². The Bertz CT molecular complexity index is 325. The van der Waals surface area contributed by atoms with Crippen molar-refractivity contribution in [2.75, 3.05) is 0 Å². The topological polar surface area (TPSA) is 84.9 Å². The zero-order chi connectivity index (χ0) is 15.4. The monoisotopic (exact) mass is 275 g/mol. The second-order valence-electron chi connectivity index (χ2n) is 6.40. The summed E-state index contributed by atoms with van der Waals surface area (Å²) >= 11 is 0. The molecule has 6 heteroatoms. The molecule has 0 aliphatic carbocycles. The molecule has 112 valence electrons. The number of aliphatic hydroxyl groups excluding tert-OH is 1. The molecule has 0 bridgehead atoms. The normalized spacial score (nSPS) is 15.4. The lowest BCUT2D eigenvalue weighted by Crippen LogP contribution is -2.51. The van der Waals surface area contributed by atoms with Gasteiger partial charge in [-0.15, -0.1) is 0 Å². The van der Waals surface area contributed by atoms with Gasteiger partial charge in [-0.1, -0.05) is 0 Å². The van der Waals surface area contributed by atoms with Crippen LogP contribution < -0.4 is 5.32 Å². The first-order chi connectivity index (χ1) is 8.32. The molecule has 0 spiro atoms. The van der Waals surface area contributed by atoms with Crippen LogP contribution in [0.2, 0.25) is 0 Å². The van der Waals surface area contributed by atoms with E-state index in [1.54, 1.807) is 41.5 Å². The highest BCUT2D eigenvalue weighted by Crippen LogP contribution is 2.11. The molecule has 0 saturated carbocycles. The number of hydrogen-bond donors (Lipinski definition) is 2. The Labute approximate surface area is 114 Å². The molecule has 0 aromatic heterocycles. The average Bonchev–Trinajstić information content (AvgIpc) is 2.07. The fraction of sp³-hybridized carbons (Fsp3) is 0.846. The second-order valence-corrected chi connectivity index (χ2v) is 6.40. The fourth-order valence-corrected chi connectivity index (χ4v) is 1.18. The number of nitrogens with one attached hydrogen (secondary N) is 1. The molecule has 2 atom stereocenters. The summed E-state index contributed by atoms with van der Waals surface area (Å²) in [4.78, 5) is 23.4. The van der Waals surface area contributed by atoms with Crippen LogP contribution in [0.3, 0.4) is 0 Å². The van der Waals surface area contributed by atoms with Crippen LogP contribution in [0.5, 0.6) is 0 Å². The van der Waals surface area contributed by atoms with Crippen LogP contribution in [0.1, 0.15) is 48.5 Å². The molecule has 1 unspecified atom stereocenters. The van der Waals surface area contributed by atoms with Crippen molar-refractivity contribution in [2.24, 2.45) is 0 Å². The van der Waals surface area contributed by atoms with Crippen LogP contribution in [0.4, 0.5) is 4.79 Å². The molecule has 0 aromatic carbocycles. The van der Waals surface area contributed by atoms with Crippen molar-refractivity contribution in [3.8, 4) is 0 Å². The van der Waals surface area contributed by atoms with Gasteiger partial charge in [0, 0.05) is 0 Å². The summed E-state index contributed by atoms with van der Waals surface area (Å²) in [7, 11) is 0. The highest BCUT2D eigenvalue weighted by atomic mass is 16.6. The number of ether oxygens (including phenoxy) is 2. The fourth-order valence-electron chi connectivity index (χ4n) is 1.18. The Morgan fingerprint density at radius 1 is 1.00 bits per heavy atom. The summed E-state index contributed by atoms with van der Waals surface area (Å²) in [6.45, 7) is 11.6. The molecule has 6 nitrogen and oxygen atoms in total. The molecule has 0 saturated heterocycles. The van der Waals surface area contributed by atoms with Crippen molar-refractivity contribution in [2.45, 2.75) is 71.8 Å². The molecule has 19 heavy (non-hydrogen) atoms. The van der Waals surface area contributed by atoms with E-state index in [4.69, 9.17) is 9.47 Å². The van der Waals surface area contributed by atoms with Gasteiger partial charge in [0.15, 0.2) is 6.04 Å². The Balaban J connectivity index is 4.67. The highest BCUT2D eigenvalue weighted by molar-refractivity contribution is 5.82. The van der Waals surface area contributed by atoms with Gasteiger partial charge >= 0.3 is 12.1 Å². The number of rotatable bonds is 3. The minimum Gasteiger partial charge on any atom is -0.458 e. The number of alkyl carbamates (subject to hydrolysis) is 1. The lowest BCUT2D eigenvalue weighted by molar-refractivity contribution is -0.160. The van der Waals surface area contributed by atoms with Crippen LogP contribution >= 0.6 is 0 Å². The zero-order valence-corrected chi connectivity index (χ0v) is 12.7. The average molecular weight is 275 g/mol. The molecule has 1 amide bonds. The van der Waals surface area contributed by atoms with Gasteiger partial charge in [0.1, 0.15) is 11.2 Å². The van der Waals surface area contributed by atoms with Crippen LogP contribution in [-0.2, 0) is 14.3 Å². The van der Waals surface area contributed by atoms with E-state index in [0.29, 0.717) is 0 Å². The van der Waals surface area contributed by atoms with Gasteiger partial charge in [0.05, 0.1) is 6.10 Å². The standard InChI is InChI=1S/C13H25NO5/c1-8(15)9(10(16)18-12(2,3)4)14-11(17)19-13(5,6)7/h8-9,15H,1-7H3,(H,14,17)/t8-,9?/m1/s1. The Morgan fingerprint density at radius 3 is 1.74 bits per heavy atom. The first kappa shape index (κ1) is 17.7. The van der Waals surface area contributed by atoms with Crippen molar-refractivity contribution in [3.05, 3.63) is 0 Å². The van der Waals surface area contributed by atoms with Gasteiger partial charge in [-0.2, -0.15) is 0 Å². The quantitative estimate of drug-likeness (QED) is 0.764. The van der Waals surface area contributed by atoms with Gasteiger partial charge in [-0.25, -0.2) is 9.59 Å². The summed E-state index contributed by atoms with van der Waals surface area (Å²) in [6.07, 6.45) is -1.85. The molecule has 0 aliphatic heterocycles. The van der Waals surface area contributed by atoms with E-state index in [1.165, 1.54) is 6.92 Å². The Kier molecular flexibility index (Phi) is 5.81. The lowest BCUT2D eigenvalue weighted by atomic mass is 10.1. The Hall–Kier alpha value is -1.30. The lowest BCUT2D eigenvalue weighted by Gasteiger charge is -2.27. The zero-order valence-electron chi connectivity index (χ0n) is 12.7. The number of esters is 1. The van der Waals surface area contributed by atoms with Gasteiger partial charge < -0.3 is 19.9 Å². The van der Waals surface area contributed by atoms with Gasteiger partial charge in [0.2, 0.25) is 0 Å². The molecule has 0 aromatic rings. The second kappa shape index (κ2) is 6.23. The summed E-state index contributed by atoms with van der Waals surface area (Å²) in [5, 5.41) is 11.9. The first-order valence-electron chi connectivity index (χ1n) is 6.22. The summed E-state index contributed by atoms with van der Waals surface area (Å²) in [5.74, 6) is -0.701. The third-order valence-corrected chi connectivity index (χ3v) is 1.82. The minimum absolute atomic E-state index is 0.679. The predicted molar refractivity (Wildman–Crippen MR) is 70.7 cm³/mol. The van der Waals surface area contributed by atoms with E-state index in [2.05, 4.69) is 5.32 Å². The van der Waals surface area contributed by atoms with Crippen molar-refractivity contribution < 1.29 is 24.2 Å². The van der Waals surface area contributed by atoms with E-state index < -0.39 is 35.4 Å². The smallest absolute Gasteiger partial charge is 0.408 e. The summed E-state index contributed by atoms with van der Waals surface area (Å²) in [5.41, 5.74) is -1.37. The maximum atomic E-state index is 11.8. The summed E-state index contributed by atoms with van der Waals surface area (Å²) < 4.78 is 10.2. The maximum absolute atomic E-state index is 11.8. The molecule has 0 rings (SSSR count). The summed E-state index contributed by atoms with van der Waals surface area (Å²) in [6, 6.07) is -1.16. The Morgan fingerprint density at radius 2 is 1.42 bits per heavy atom. The number of amides is 1. The largest absolute Gasteiger partial charge is 0.458 e. The van der Waals surface area contributed by atoms with Crippen LogP contribution in [0.25, 0.3) is 0 Å². The van der Waals surface area contributed by atoms with Gasteiger partial charge in [-0.05, 0) is 48.5 Å². The van der Waals surface area contributed by atoms with E-state index in [0.717, 1.165) is 0 Å². The van der Waals surface area contributed by atoms with Crippen molar-refractivity contribution >= 4 is 12.1 Å². The minimum atomic E-state index is -1.16. The molecular weight excluding hydrogens is 250 g/mol.